The van der Waals surface area contributed by atoms with E-state index in [1.165, 1.54) is 17.8 Å². The van der Waals surface area contributed by atoms with Gasteiger partial charge in [0.05, 0.1) is 4.91 Å². The molecule has 0 spiro atoms. The van der Waals surface area contributed by atoms with Gasteiger partial charge in [-0.1, -0.05) is 49.0 Å². The van der Waals surface area contributed by atoms with Crippen LogP contribution in [0.2, 0.25) is 0 Å². The molecule has 32 heavy (non-hydrogen) atoms. The van der Waals surface area contributed by atoms with E-state index in [0.717, 1.165) is 33.5 Å². The Morgan fingerprint density at radius 2 is 1.81 bits per heavy atom. The fourth-order valence-electron chi connectivity index (χ4n) is 3.00. The number of furan rings is 1. The average molecular weight is 465 g/mol. The summed E-state index contributed by atoms with van der Waals surface area (Å²) in [6.07, 6.45) is 2.43. The number of carbonyl (C=O) groups excluding carboxylic acids is 3. The predicted molar refractivity (Wildman–Crippen MR) is 126 cm³/mol. The molecule has 0 atom stereocenters. The van der Waals surface area contributed by atoms with E-state index >= 15 is 0 Å². The zero-order valence-corrected chi connectivity index (χ0v) is 18.9. The molecule has 1 aliphatic heterocycles. The molecular weight excluding hydrogens is 444 g/mol. The highest BCUT2D eigenvalue weighted by atomic mass is 32.2. The minimum Gasteiger partial charge on any atom is -0.450 e. The van der Waals surface area contributed by atoms with E-state index in [9.17, 15) is 14.4 Å². The number of nitrogens with zero attached hydrogens (tertiary/aromatic N) is 1. The SMILES string of the molecule is CCc1ccc(NC(=O)CN2C(=O)S/C(=C\c3ccc(Sc4ccccc4)o3)C2=O)cc1. The number of imide groups is 1. The van der Waals surface area contributed by atoms with Gasteiger partial charge in [0.25, 0.3) is 11.1 Å². The second-order valence-electron chi connectivity index (χ2n) is 6.94. The lowest BCUT2D eigenvalue weighted by atomic mass is 10.1. The molecule has 0 radical (unpaired) electrons. The summed E-state index contributed by atoms with van der Waals surface area (Å²) in [6.45, 7) is 1.71. The molecule has 0 aliphatic carbocycles. The zero-order valence-electron chi connectivity index (χ0n) is 17.2. The van der Waals surface area contributed by atoms with Gasteiger partial charge in [-0.15, -0.1) is 0 Å². The molecule has 1 aromatic heterocycles. The summed E-state index contributed by atoms with van der Waals surface area (Å²) in [5.74, 6) is -0.475. The Bertz CT molecular complexity index is 1170. The average Bonchev–Trinajstić information content (AvgIpc) is 3.34. The van der Waals surface area contributed by atoms with Crippen molar-refractivity contribution in [3.63, 3.8) is 0 Å². The maximum absolute atomic E-state index is 12.7. The Morgan fingerprint density at radius 3 is 2.53 bits per heavy atom. The van der Waals surface area contributed by atoms with Crippen molar-refractivity contribution in [3.8, 4) is 0 Å². The van der Waals surface area contributed by atoms with Gasteiger partial charge < -0.3 is 9.73 Å². The number of nitrogens with one attached hydrogen (secondary N) is 1. The van der Waals surface area contributed by atoms with Crippen LogP contribution in [0.3, 0.4) is 0 Å². The van der Waals surface area contributed by atoms with Gasteiger partial charge in [-0.2, -0.15) is 0 Å². The van der Waals surface area contributed by atoms with Crippen LogP contribution in [0.15, 0.2) is 86.0 Å². The smallest absolute Gasteiger partial charge is 0.294 e. The van der Waals surface area contributed by atoms with Crippen molar-refractivity contribution in [3.05, 3.63) is 83.0 Å². The largest absolute Gasteiger partial charge is 0.450 e. The summed E-state index contributed by atoms with van der Waals surface area (Å²) < 4.78 is 5.76. The van der Waals surface area contributed by atoms with Crippen LogP contribution in [-0.2, 0) is 16.0 Å². The molecule has 2 heterocycles. The van der Waals surface area contributed by atoms with Crippen molar-refractivity contribution in [2.75, 3.05) is 11.9 Å². The first-order valence-electron chi connectivity index (χ1n) is 9.98. The van der Waals surface area contributed by atoms with Gasteiger partial charge >= 0.3 is 0 Å². The van der Waals surface area contributed by atoms with E-state index in [1.807, 2.05) is 55.5 Å². The molecule has 0 saturated carbocycles. The maximum Gasteiger partial charge on any atom is 0.294 e. The Labute approximate surface area is 194 Å². The van der Waals surface area contributed by atoms with Crippen molar-refractivity contribution in [2.45, 2.75) is 23.3 Å². The van der Waals surface area contributed by atoms with Crippen molar-refractivity contribution in [2.24, 2.45) is 0 Å². The second-order valence-corrected chi connectivity index (χ2v) is 9.01. The Morgan fingerprint density at radius 1 is 1.06 bits per heavy atom. The number of hydrogen-bond acceptors (Lipinski definition) is 6. The van der Waals surface area contributed by atoms with E-state index < -0.39 is 17.1 Å². The van der Waals surface area contributed by atoms with Crippen LogP contribution in [0.25, 0.3) is 6.08 Å². The van der Waals surface area contributed by atoms with Crippen molar-refractivity contribution in [1.29, 1.82) is 0 Å². The third-order valence-corrected chi connectivity index (χ3v) is 6.49. The molecule has 8 heteroatoms. The number of aryl methyl sites for hydroxylation is 1. The van der Waals surface area contributed by atoms with Gasteiger partial charge in [-0.25, -0.2) is 0 Å². The van der Waals surface area contributed by atoms with Crippen LogP contribution in [0, 0.1) is 0 Å². The maximum atomic E-state index is 12.7. The van der Waals surface area contributed by atoms with E-state index in [4.69, 9.17) is 4.42 Å². The Kier molecular flexibility index (Phi) is 6.82. The zero-order chi connectivity index (χ0) is 22.5. The molecule has 6 nitrogen and oxygen atoms in total. The molecule has 2 aromatic carbocycles. The van der Waals surface area contributed by atoms with Crippen LogP contribution in [0.4, 0.5) is 10.5 Å². The van der Waals surface area contributed by atoms with E-state index in [-0.39, 0.29) is 11.4 Å². The quantitative estimate of drug-likeness (QED) is 0.454. The van der Waals surface area contributed by atoms with Crippen molar-refractivity contribution in [1.82, 2.24) is 4.90 Å². The van der Waals surface area contributed by atoms with Gasteiger partial charge in [0, 0.05) is 16.7 Å². The lowest BCUT2D eigenvalue weighted by Crippen LogP contribution is -2.36. The minimum absolute atomic E-state index is 0.223. The van der Waals surface area contributed by atoms with E-state index in [0.29, 0.717) is 16.5 Å². The molecule has 1 N–H and O–H groups in total. The molecule has 3 aromatic rings. The normalized spacial score (nSPS) is 14.9. The topological polar surface area (TPSA) is 79.6 Å². The second kappa shape index (κ2) is 9.93. The van der Waals surface area contributed by atoms with Crippen LogP contribution in [-0.4, -0.2) is 28.5 Å². The Balaban J connectivity index is 1.38. The summed E-state index contributed by atoms with van der Waals surface area (Å²) in [7, 11) is 0. The van der Waals surface area contributed by atoms with Gasteiger partial charge in [0.2, 0.25) is 5.91 Å². The number of thioether (sulfide) groups is 1. The molecule has 4 rings (SSSR count). The molecule has 1 saturated heterocycles. The summed E-state index contributed by atoms with van der Waals surface area (Å²) >= 11 is 2.26. The highest BCUT2D eigenvalue weighted by Gasteiger charge is 2.36. The molecule has 1 fully saturated rings. The molecule has 162 valence electrons. The summed E-state index contributed by atoms with van der Waals surface area (Å²) in [5, 5.41) is 2.91. The van der Waals surface area contributed by atoms with Crippen LogP contribution >= 0.6 is 23.5 Å². The first-order chi connectivity index (χ1) is 15.5. The highest BCUT2D eigenvalue weighted by Crippen LogP contribution is 2.34. The molecule has 1 aliphatic rings. The lowest BCUT2D eigenvalue weighted by Gasteiger charge is -2.12. The fraction of sp³-hybridized carbons (Fsp3) is 0.125. The summed E-state index contributed by atoms with van der Waals surface area (Å²) in [5.41, 5.74) is 1.77. The van der Waals surface area contributed by atoms with Gasteiger partial charge in [-0.05, 0) is 60.1 Å². The van der Waals surface area contributed by atoms with Crippen LogP contribution in [0.1, 0.15) is 18.2 Å². The molecule has 0 unspecified atom stereocenters. The number of rotatable bonds is 7. The molecular formula is C24H20N2O4S2. The van der Waals surface area contributed by atoms with Gasteiger partial charge in [0.1, 0.15) is 12.3 Å². The number of benzene rings is 2. The van der Waals surface area contributed by atoms with Crippen molar-refractivity contribution < 1.29 is 18.8 Å². The third kappa shape index (κ3) is 5.33. The first kappa shape index (κ1) is 22.0. The third-order valence-electron chi connectivity index (χ3n) is 4.66. The minimum atomic E-state index is -0.509. The lowest BCUT2D eigenvalue weighted by molar-refractivity contribution is -0.127. The molecule has 3 amide bonds. The van der Waals surface area contributed by atoms with Crippen LogP contribution in [0.5, 0.6) is 0 Å². The monoisotopic (exact) mass is 464 g/mol. The highest BCUT2D eigenvalue weighted by molar-refractivity contribution is 8.18. The molecule has 0 bridgehead atoms. The fourth-order valence-corrected chi connectivity index (χ4v) is 4.62. The van der Waals surface area contributed by atoms with Gasteiger partial charge in [-0.3, -0.25) is 19.3 Å². The number of carbonyl (C=O) groups is 3. The number of anilines is 1. The predicted octanol–water partition coefficient (Wildman–Crippen LogP) is 5.67. The first-order valence-corrected chi connectivity index (χ1v) is 11.6. The summed E-state index contributed by atoms with van der Waals surface area (Å²) in [4.78, 5) is 39.5. The van der Waals surface area contributed by atoms with Crippen molar-refractivity contribution >= 4 is 52.3 Å². The summed E-state index contributed by atoms with van der Waals surface area (Å²) in [6, 6.07) is 20.8. The number of hydrogen-bond donors (Lipinski definition) is 1. The standard InChI is InChI=1S/C24H20N2O4S2/c1-2-16-8-10-17(11-9-16)25-21(27)15-26-23(28)20(32-24(26)29)14-18-12-13-22(30-18)31-19-6-4-3-5-7-19/h3-14H,2,15H2,1H3,(H,25,27)/b20-14-. The number of amides is 3. The van der Waals surface area contributed by atoms with E-state index in [1.54, 1.807) is 18.2 Å². The van der Waals surface area contributed by atoms with Gasteiger partial charge in [0.15, 0.2) is 5.09 Å². The van der Waals surface area contributed by atoms with Crippen LogP contribution < -0.4 is 5.32 Å². The Hall–Kier alpha value is -3.23. The van der Waals surface area contributed by atoms with E-state index in [2.05, 4.69) is 5.32 Å².